The van der Waals surface area contributed by atoms with Gasteiger partial charge in [-0.3, -0.25) is 4.79 Å². The average molecular weight is 408 g/mol. The van der Waals surface area contributed by atoms with Crippen LogP contribution < -0.4 is 15.4 Å². The van der Waals surface area contributed by atoms with Crippen molar-refractivity contribution < 1.29 is 37.7 Å². The van der Waals surface area contributed by atoms with Gasteiger partial charge in [0.25, 0.3) is 5.72 Å². The fraction of sp³-hybridized carbons (Fsp3) is 0.500. The number of hydrogen-bond acceptors (Lipinski definition) is 6. The number of nitrogens with one attached hydrogen (secondary N) is 2. The number of ether oxygens (including phenoxy) is 2. The molecule has 0 amide bonds. The molecule has 0 spiro atoms. The predicted molar refractivity (Wildman–Crippen MR) is 92.0 cm³/mol. The summed E-state index contributed by atoms with van der Waals surface area (Å²) in [6.07, 6.45) is -5.23. The molecule has 2 rings (SSSR count). The van der Waals surface area contributed by atoms with Gasteiger partial charge in [0.15, 0.2) is 16.6 Å². The molecule has 150 valence electrons. The van der Waals surface area contributed by atoms with Crippen molar-refractivity contribution in [3.05, 3.63) is 23.8 Å². The molecule has 1 fully saturated rings. The summed E-state index contributed by atoms with van der Waals surface area (Å²) in [5, 5.41) is 24.0. The summed E-state index contributed by atoms with van der Waals surface area (Å²) in [6, 6.07) is 2.39. The van der Waals surface area contributed by atoms with Gasteiger partial charge in [0.05, 0.1) is 19.3 Å². The molecule has 0 unspecified atom stereocenters. The lowest BCUT2D eigenvalue weighted by atomic mass is 9.82. The topological polar surface area (TPSA) is 100 Å². The monoisotopic (exact) mass is 408 g/mol. The summed E-state index contributed by atoms with van der Waals surface area (Å²) in [7, 11) is 0. The number of esters is 1. The Morgan fingerprint density at radius 3 is 2.56 bits per heavy atom. The largest absolute Gasteiger partial charge is 0.504 e. The van der Waals surface area contributed by atoms with Crippen molar-refractivity contribution in [2.24, 2.45) is 5.92 Å². The third-order valence-corrected chi connectivity index (χ3v) is 4.21. The maximum atomic E-state index is 13.6. The van der Waals surface area contributed by atoms with E-state index in [0.29, 0.717) is 0 Å². The third kappa shape index (κ3) is 4.03. The van der Waals surface area contributed by atoms with Gasteiger partial charge in [0.2, 0.25) is 0 Å². The van der Waals surface area contributed by atoms with Crippen LogP contribution >= 0.6 is 12.2 Å². The SMILES string of the molecule is CCOC(=O)[C@H]1[C@@H](c2ccc(O)c(OCC)c2)NC(=S)N[C@@]1(O)C(F)(F)F. The van der Waals surface area contributed by atoms with E-state index in [1.54, 1.807) is 12.2 Å². The summed E-state index contributed by atoms with van der Waals surface area (Å²) in [5.41, 5.74) is -3.50. The Morgan fingerprint density at radius 1 is 1.33 bits per heavy atom. The number of carbonyl (C=O) groups excluding carboxylic acids is 1. The van der Waals surface area contributed by atoms with Crippen LogP contribution in [0, 0.1) is 5.92 Å². The minimum Gasteiger partial charge on any atom is -0.504 e. The number of thiocarbonyl (C=S) groups is 1. The second-order valence-electron chi connectivity index (χ2n) is 5.73. The first-order valence-electron chi connectivity index (χ1n) is 8.05. The number of hydrogen-bond donors (Lipinski definition) is 4. The zero-order valence-electron chi connectivity index (χ0n) is 14.5. The molecule has 1 aromatic rings. The third-order valence-electron chi connectivity index (χ3n) is 3.99. The van der Waals surface area contributed by atoms with Crippen LogP contribution in [0.15, 0.2) is 18.2 Å². The first-order valence-corrected chi connectivity index (χ1v) is 8.46. The molecule has 0 aliphatic carbocycles. The van der Waals surface area contributed by atoms with E-state index in [0.717, 1.165) is 0 Å². The standard InChI is InChI=1S/C16H19F3N2O5S/c1-3-25-10-7-8(5-6-9(10)22)12-11(13(23)26-4-2)15(24,16(17,18)19)21-14(27)20-12/h5-7,11-12,22,24H,3-4H2,1-2H3,(H2,20,21,27)/t11-,12-,15+/m1/s1. The second kappa shape index (κ2) is 7.77. The quantitative estimate of drug-likeness (QED) is 0.432. The highest BCUT2D eigenvalue weighted by molar-refractivity contribution is 7.80. The van der Waals surface area contributed by atoms with E-state index in [2.05, 4.69) is 5.32 Å². The van der Waals surface area contributed by atoms with E-state index >= 15 is 0 Å². The molecule has 4 N–H and O–H groups in total. The number of carbonyl (C=O) groups is 1. The van der Waals surface area contributed by atoms with Crippen molar-refractivity contribution in [2.45, 2.75) is 31.8 Å². The van der Waals surface area contributed by atoms with Gasteiger partial charge < -0.3 is 30.3 Å². The molecule has 1 aromatic carbocycles. The van der Waals surface area contributed by atoms with Gasteiger partial charge in [-0.1, -0.05) is 6.07 Å². The molecule has 0 saturated carbocycles. The Balaban J connectivity index is 2.58. The van der Waals surface area contributed by atoms with E-state index in [1.807, 2.05) is 0 Å². The minimum absolute atomic E-state index is 0.0133. The van der Waals surface area contributed by atoms with E-state index in [4.69, 9.17) is 21.7 Å². The number of benzene rings is 1. The second-order valence-corrected chi connectivity index (χ2v) is 6.14. The molecule has 1 saturated heterocycles. The molecule has 1 heterocycles. The first kappa shape index (κ1) is 21.0. The zero-order chi connectivity index (χ0) is 20.4. The van der Waals surface area contributed by atoms with Crippen LogP contribution in [0.1, 0.15) is 25.5 Å². The number of alkyl halides is 3. The van der Waals surface area contributed by atoms with Gasteiger partial charge in [-0.05, 0) is 43.8 Å². The number of phenols is 1. The maximum absolute atomic E-state index is 13.6. The Hall–Kier alpha value is -2.27. The van der Waals surface area contributed by atoms with Crippen molar-refractivity contribution in [2.75, 3.05) is 13.2 Å². The molecule has 1 aliphatic rings. The fourth-order valence-corrected chi connectivity index (χ4v) is 3.09. The smallest absolute Gasteiger partial charge is 0.437 e. The lowest BCUT2D eigenvalue weighted by molar-refractivity contribution is -0.292. The number of halogens is 3. The Kier molecular flexibility index (Phi) is 6.05. The predicted octanol–water partition coefficient (Wildman–Crippen LogP) is 1.74. The molecule has 0 aromatic heterocycles. The summed E-state index contributed by atoms with van der Waals surface area (Å²) < 4.78 is 50.9. The molecule has 1 aliphatic heterocycles. The van der Waals surface area contributed by atoms with Crippen LogP contribution in [0.4, 0.5) is 13.2 Å². The van der Waals surface area contributed by atoms with Gasteiger partial charge in [0, 0.05) is 0 Å². The molecule has 3 atom stereocenters. The summed E-state index contributed by atoms with van der Waals surface area (Å²) in [5.74, 6) is -3.59. The van der Waals surface area contributed by atoms with E-state index in [-0.39, 0.29) is 30.3 Å². The lowest BCUT2D eigenvalue weighted by Crippen LogP contribution is -2.73. The average Bonchev–Trinajstić information content (AvgIpc) is 2.55. The Morgan fingerprint density at radius 2 is 2.00 bits per heavy atom. The van der Waals surface area contributed by atoms with Crippen molar-refractivity contribution in [1.29, 1.82) is 0 Å². The fourth-order valence-electron chi connectivity index (χ4n) is 2.81. The van der Waals surface area contributed by atoms with Gasteiger partial charge in [-0.2, -0.15) is 13.2 Å². The molecular formula is C16H19F3N2O5S. The van der Waals surface area contributed by atoms with Gasteiger partial charge in [0.1, 0.15) is 5.92 Å². The first-order chi connectivity index (χ1) is 12.5. The molecule has 0 radical (unpaired) electrons. The van der Waals surface area contributed by atoms with Crippen LogP contribution in [0.5, 0.6) is 11.5 Å². The van der Waals surface area contributed by atoms with Crippen molar-refractivity contribution in [1.82, 2.24) is 10.6 Å². The summed E-state index contributed by atoms with van der Waals surface area (Å²) in [6.45, 7) is 3.11. The highest BCUT2D eigenvalue weighted by Gasteiger charge is 2.66. The van der Waals surface area contributed by atoms with Gasteiger partial charge in [-0.25, -0.2) is 0 Å². The normalized spacial score (nSPS) is 25.3. The lowest BCUT2D eigenvalue weighted by Gasteiger charge is -2.45. The molecular weight excluding hydrogens is 389 g/mol. The van der Waals surface area contributed by atoms with Crippen molar-refractivity contribution >= 4 is 23.3 Å². The Bertz CT molecular complexity index is 730. The summed E-state index contributed by atoms with van der Waals surface area (Å²) in [4.78, 5) is 12.3. The van der Waals surface area contributed by atoms with Gasteiger partial charge >= 0.3 is 12.1 Å². The van der Waals surface area contributed by atoms with E-state index < -0.39 is 34.9 Å². The molecule has 27 heavy (non-hydrogen) atoms. The highest BCUT2D eigenvalue weighted by Crippen LogP contribution is 2.44. The maximum Gasteiger partial charge on any atom is 0.437 e. The van der Waals surface area contributed by atoms with Gasteiger partial charge in [-0.15, -0.1) is 0 Å². The molecule has 7 nitrogen and oxygen atoms in total. The molecule has 0 bridgehead atoms. The zero-order valence-corrected chi connectivity index (χ0v) is 15.3. The van der Waals surface area contributed by atoms with Crippen LogP contribution in [0.3, 0.4) is 0 Å². The van der Waals surface area contributed by atoms with Crippen molar-refractivity contribution in [3.63, 3.8) is 0 Å². The van der Waals surface area contributed by atoms with Crippen molar-refractivity contribution in [3.8, 4) is 11.5 Å². The number of rotatable bonds is 5. The van der Waals surface area contributed by atoms with Crippen LogP contribution in [0.2, 0.25) is 0 Å². The number of aliphatic hydroxyl groups is 1. The van der Waals surface area contributed by atoms with Crippen LogP contribution in [0.25, 0.3) is 0 Å². The Labute approximate surface area is 158 Å². The van der Waals surface area contributed by atoms with E-state index in [9.17, 15) is 28.2 Å². The highest BCUT2D eigenvalue weighted by atomic mass is 32.1. The van der Waals surface area contributed by atoms with Crippen LogP contribution in [-0.2, 0) is 9.53 Å². The number of aromatic hydroxyl groups is 1. The van der Waals surface area contributed by atoms with E-state index in [1.165, 1.54) is 25.1 Å². The number of phenolic OH excluding ortho intramolecular Hbond substituents is 1. The summed E-state index contributed by atoms with van der Waals surface area (Å²) >= 11 is 4.80. The molecule has 11 heteroatoms. The van der Waals surface area contributed by atoms with Crippen LogP contribution in [-0.4, -0.2) is 46.4 Å². The minimum atomic E-state index is -5.23.